The Kier molecular flexibility index (Phi) is 6.17. The summed E-state index contributed by atoms with van der Waals surface area (Å²) in [5.41, 5.74) is 0.547. The van der Waals surface area contributed by atoms with Crippen LogP contribution in [0.4, 0.5) is 5.82 Å². The lowest BCUT2D eigenvalue weighted by molar-refractivity contribution is -0.138. The Morgan fingerprint density at radius 2 is 2.00 bits per heavy atom. The minimum atomic E-state index is -0.895. The molecule has 1 fully saturated rings. The van der Waals surface area contributed by atoms with E-state index in [1.54, 1.807) is 12.1 Å². The molecule has 1 aromatic heterocycles. The van der Waals surface area contributed by atoms with Gasteiger partial charge in [0.25, 0.3) is 5.91 Å². The third-order valence-corrected chi connectivity index (χ3v) is 4.41. The first-order valence-corrected chi connectivity index (χ1v) is 8.61. The van der Waals surface area contributed by atoms with Crippen LogP contribution in [0.5, 0.6) is 0 Å². The average molecular weight is 333 g/mol. The number of nitrogens with zero attached hydrogens (tertiary/aromatic N) is 2. The number of rotatable bonds is 6. The zero-order valence-corrected chi connectivity index (χ0v) is 14.7. The number of pyridine rings is 1. The molecule has 1 amide bonds. The van der Waals surface area contributed by atoms with Crippen molar-refractivity contribution in [2.45, 2.75) is 46.1 Å². The number of likely N-dealkylation sites (tertiary alicyclic amines) is 1. The van der Waals surface area contributed by atoms with Crippen LogP contribution in [0.2, 0.25) is 0 Å². The maximum absolute atomic E-state index is 12.5. The minimum absolute atomic E-state index is 0.00193. The number of carbonyl (C=O) groups excluding carboxylic acids is 1. The highest BCUT2D eigenvalue weighted by molar-refractivity contribution is 5.94. The summed E-state index contributed by atoms with van der Waals surface area (Å²) in [5, 5.41) is 12.2. The summed E-state index contributed by atoms with van der Waals surface area (Å²) in [6.07, 6.45) is 4.11. The number of hydrogen-bond donors (Lipinski definition) is 2. The molecule has 1 aliphatic rings. The maximum Gasteiger partial charge on any atom is 0.326 e. The van der Waals surface area contributed by atoms with E-state index in [0.717, 1.165) is 25.9 Å². The van der Waals surface area contributed by atoms with Crippen molar-refractivity contribution in [3.63, 3.8) is 0 Å². The summed E-state index contributed by atoms with van der Waals surface area (Å²) in [6, 6.07) is 2.71. The van der Waals surface area contributed by atoms with Crippen LogP contribution in [0.3, 0.4) is 0 Å². The van der Waals surface area contributed by atoms with Gasteiger partial charge in [-0.1, -0.05) is 20.8 Å². The lowest BCUT2D eigenvalue weighted by Crippen LogP contribution is -2.38. The molecular weight excluding hydrogens is 306 g/mol. The van der Waals surface area contributed by atoms with E-state index in [9.17, 15) is 14.7 Å². The van der Waals surface area contributed by atoms with Gasteiger partial charge in [-0.3, -0.25) is 4.79 Å². The molecule has 1 atom stereocenters. The van der Waals surface area contributed by atoms with Gasteiger partial charge in [-0.25, -0.2) is 9.78 Å². The first-order valence-electron chi connectivity index (χ1n) is 8.61. The standard InChI is InChI=1S/C18H27N3O3/c1-12(2)10-15(18(23)24)20-16-5-4-14(11-19-16)17(22)21-8-6-13(3)7-9-21/h4-5,11-13,15H,6-10H2,1-3H3,(H,19,20)(H,23,24). The minimum Gasteiger partial charge on any atom is -0.480 e. The number of carboxylic acids is 1. The largest absolute Gasteiger partial charge is 0.480 e. The molecule has 0 spiro atoms. The van der Waals surface area contributed by atoms with Gasteiger partial charge in [0.2, 0.25) is 0 Å². The fraction of sp³-hybridized carbons (Fsp3) is 0.611. The number of amides is 1. The summed E-state index contributed by atoms with van der Waals surface area (Å²) in [5.74, 6) is 0.520. The molecule has 1 aromatic rings. The van der Waals surface area contributed by atoms with Gasteiger partial charge in [0, 0.05) is 19.3 Å². The number of carbonyl (C=O) groups is 2. The van der Waals surface area contributed by atoms with Gasteiger partial charge >= 0.3 is 5.97 Å². The van der Waals surface area contributed by atoms with Crippen LogP contribution >= 0.6 is 0 Å². The van der Waals surface area contributed by atoms with Gasteiger partial charge in [-0.2, -0.15) is 0 Å². The number of carboxylic acid groups (broad SMARTS) is 1. The predicted octanol–water partition coefficient (Wildman–Crippen LogP) is 2.86. The van der Waals surface area contributed by atoms with Crippen molar-refractivity contribution in [1.29, 1.82) is 0 Å². The van der Waals surface area contributed by atoms with E-state index in [1.807, 2.05) is 18.7 Å². The molecule has 2 N–H and O–H groups in total. The first kappa shape index (κ1) is 18.2. The Hall–Kier alpha value is -2.11. The van der Waals surface area contributed by atoms with Gasteiger partial charge in [0.15, 0.2) is 0 Å². The average Bonchev–Trinajstić information content (AvgIpc) is 2.54. The van der Waals surface area contributed by atoms with Crippen LogP contribution in [0.15, 0.2) is 18.3 Å². The second kappa shape index (κ2) is 8.13. The monoisotopic (exact) mass is 333 g/mol. The molecule has 6 nitrogen and oxygen atoms in total. The topological polar surface area (TPSA) is 82.5 Å². The molecule has 1 saturated heterocycles. The van der Waals surface area contributed by atoms with Crippen molar-refractivity contribution in [1.82, 2.24) is 9.88 Å². The van der Waals surface area contributed by atoms with Gasteiger partial charge in [-0.05, 0) is 43.2 Å². The molecule has 0 aromatic carbocycles. The van der Waals surface area contributed by atoms with E-state index < -0.39 is 12.0 Å². The van der Waals surface area contributed by atoms with E-state index in [4.69, 9.17) is 0 Å². The molecule has 1 unspecified atom stereocenters. The fourth-order valence-electron chi connectivity index (χ4n) is 2.87. The molecule has 0 saturated carbocycles. The third-order valence-electron chi connectivity index (χ3n) is 4.41. The van der Waals surface area contributed by atoms with Gasteiger partial charge in [-0.15, -0.1) is 0 Å². The molecule has 2 heterocycles. The number of anilines is 1. The molecule has 0 bridgehead atoms. The molecule has 24 heavy (non-hydrogen) atoms. The van der Waals surface area contributed by atoms with Crippen LogP contribution in [-0.2, 0) is 4.79 Å². The Morgan fingerprint density at radius 1 is 1.33 bits per heavy atom. The molecule has 0 aliphatic carbocycles. The highest BCUT2D eigenvalue weighted by Gasteiger charge is 2.22. The normalized spacial score (nSPS) is 16.9. The summed E-state index contributed by atoms with van der Waals surface area (Å²) < 4.78 is 0. The van der Waals surface area contributed by atoms with Crippen molar-refractivity contribution < 1.29 is 14.7 Å². The fourth-order valence-corrected chi connectivity index (χ4v) is 2.87. The van der Waals surface area contributed by atoms with Crippen molar-refractivity contribution in [3.8, 4) is 0 Å². The van der Waals surface area contributed by atoms with E-state index in [2.05, 4.69) is 17.2 Å². The summed E-state index contributed by atoms with van der Waals surface area (Å²) in [6.45, 7) is 7.74. The van der Waals surface area contributed by atoms with Crippen molar-refractivity contribution in [3.05, 3.63) is 23.9 Å². The van der Waals surface area contributed by atoms with Gasteiger partial charge in [0.1, 0.15) is 11.9 Å². The summed E-state index contributed by atoms with van der Waals surface area (Å²) in [4.78, 5) is 29.8. The maximum atomic E-state index is 12.5. The molecule has 0 radical (unpaired) electrons. The van der Waals surface area contributed by atoms with Crippen LogP contribution in [-0.4, -0.2) is 46.0 Å². The third kappa shape index (κ3) is 4.94. The molecular formula is C18H27N3O3. The second-order valence-corrected chi connectivity index (χ2v) is 7.07. The Bertz CT molecular complexity index is 563. The number of piperidine rings is 1. The van der Waals surface area contributed by atoms with Crippen LogP contribution in [0.25, 0.3) is 0 Å². The molecule has 6 heteroatoms. The summed E-state index contributed by atoms with van der Waals surface area (Å²) in [7, 11) is 0. The van der Waals surface area contributed by atoms with Gasteiger partial charge in [0.05, 0.1) is 5.56 Å². The predicted molar refractivity (Wildman–Crippen MR) is 93.0 cm³/mol. The molecule has 1 aliphatic heterocycles. The molecule has 132 valence electrons. The highest BCUT2D eigenvalue weighted by atomic mass is 16.4. The number of aliphatic carboxylic acids is 1. The first-order chi connectivity index (χ1) is 11.4. The second-order valence-electron chi connectivity index (χ2n) is 7.07. The lowest BCUT2D eigenvalue weighted by atomic mass is 9.99. The highest BCUT2D eigenvalue weighted by Crippen LogP contribution is 2.19. The van der Waals surface area contributed by atoms with Crippen LogP contribution < -0.4 is 5.32 Å². The number of hydrogen-bond acceptors (Lipinski definition) is 4. The van der Waals surface area contributed by atoms with Crippen LogP contribution in [0, 0.1) is 11.8 Å². The Morgan fingerprint density at radius 3 is 2.50 bits per heavy atom. The van der Waals surface area contributed by atoms with Crippen LogP contribution in [0.1, 0.15) is 50.4 Å². The number of nitrogens with one attached hydrogen (secondary N) is 1. The summed E-state index contributed by atoms with van der Waals surface area (Å²) >= 11 is 0. The van der Waals surface area contributed by atoms with Gasteiger partial charge < -0.3 is 15.3 Å². The Labute approximate surface area is 143 Å². The van der Waals surface area contributed by atoms with Crippen molar-refractivity contribution in [2.75, 3.05) is 18.4 Å². The SMILES string of the molecule is CC(C)CC(Nc1ccc(C(=O)N2CCC(C)CC2)cn1)C(=O)O. The van der Waals surface area contributed by atoms with Crippen molar-refractivity contribution >= 4 is 17.7 Å². The van der Waals surface area contributed by atoms with E-state index in [0.29, 0.717) is 23.7 Å². The molecule has 2 rings (SSSR count). The van der Waals surface area contributed by atoms with E-state index >= 15 is 0 Å². The van der Waals surface area contributed by atoms with Crippen molar-refractivity contribution in [2.24, 2.45) is 11.8 Å². The Balaban J connectivity index is 1.99. The lowest BCUT2D eigenvalue weighted by Gasteiger charge is -2.30. The smallest absolute Gasteiger partial charge is 0.326 e. The van der Waals surface area contributed by atoms with E-state index in [-0.39, 0.29) is 11.8 Å². The quantitative estimate of drug-likeness (QED) is 0.836. The number of aromatic nitrogens is 1. The zero-order valence-electron chi connectivity index (χ0n) is 14.7. The zero-order chi connectivity index (χ0) is 17.7. The van der Waals surface area contributed by atoms with E-state index in [1.165, 1.54) is 6.20 Å².